The zero-order valence-corrected chi connectivity index (χ0v) is 21.1. The fourth-order valence-corrected chi connectivity index (χ4v) is 4.65. The molecule has 0 amide bonds. The predicted octanol–water partition coefficient (Wildman–Crippen LogP) is -1.78. The van der Waals surface area contributed by atoms with Gasteiger partial charge in [-0.25, -0.2) is 0 Å². The predicted molar refractivity (Wildman–Crippen MR) is 134 cm³/mol. The van der Waals surface area contributed by atoms with Crippen LogP contribution in [0.3, 0.4) is 0 Å². The summed E-state index contributed by atoms with van der Waals surface area (Å²) in [6.45, 7) is -2.23. The van der Waals surface area contributed by atoms with Crippen LogP contribution in [0.15, 0.2) is 45.6 Å². The van der Waals surface area contributed by atoms with Crippen LogP contribution < -0.4 is 10.2 Å². The first kappa shape index (κ1) is 29.0. The minimum absolute atomic E-state index is 0.112. The topological polar surface area (TPSA) is 249 Å². The zero-order chi connectivity index (χ0) is 29.6. The van der Waals surface area contributed by atoms with Gasteiger partial charge in [-0.3, -0.25) is 4.79 Å². The van der Waals surface area contributed by atoms with E-state index < -0.39 is 96.6 Å². The Kier molecular flexibility index (Phi) is 7.82. The smallest absolute Gasteiger partial charge is 0.239 e. The quantitative estimate of drug-likeness (QED) is 0.150. The molecular formula is C26H28O15. The molecule has 1 aromatic heterocycles. The third-order valence-electron chi connectivity index (χ3n) is 6.98. The second-order valence-electron chi connectivity index (χ2n) is 9.79. The number of rotatable bonds is 7. The molecule has 0 bridgehead atoms. The second-order valence-corrected chi connectivity index (χ2v) is 9.79. The summed E-state index contributed by atoms with van der Waals surface area (Å²) in [4.78, 5) is 13.7. The van der Waals surface area contributed by atoms with Crippen molar-refractivity contribution in [1.29, 1.82) is 0 Å². The molecule has 15 heteroatoms. The van der Waals surface area contributed by atoms with Crippen molar-refractivity contribution >= 4 is 11.0 Å². The summed E-state index contributed by atoms with van der Waals surface area (Å²) in [5.74, 6) is -2.03. The van der Waals surface area contributed by atoms with Gasteiger partial charge in [-0.2, -0.15) is 0 Å². The molecule has 2 fully saturated rings. The maximum atomic E-state index is 13.7. The number of phenolic OH excluding ortho intramolecular Hbond substituents is 3. The number of aromatic hydroxyl groups is 3. The normalized spacial score (nSPS) is 31.9. The van der Waals surface area contributed by atoms with Crippen LogP contribution in [0.4, 0.5) is 0 Å². The highest BCUT2D eigenvalue weighted by Crippen LogP contribution is 2.38. The summed E-state index contributed by atoms with van der Waals surface area (Å²) in [6, 6.07) is 7.30. The van der Waals surface area contributed by atoms with Gasteiger partial charge < -0.3 is 69.3 Å². The van der Waals surface area contributed by atoms with Crippen LogP contribution in [0.1, 0.15) is 0 Å². The van der Waals surface area contributed by atoms with Crippen molar-refractivity contribution in [2.24, 2.45) is 0 Å². The molecule has 2 aromatic carbocycles. The highest BCUT2D eigenvalue weighted by molar-refractivity contribution is 5.88. The van der Waals surface area contributed by atoms with Crippen LogP contribution in [-0.4, -0.2) is 114 Å². The van der Waals surface area contributed by atoms with E-state index >= 15 is 0 Å². The van der Waals surface area contributed by atoms with Crippen molar-refractivity contribution in [3.8, 4) is 34.3 Å². The molecule has 222 valence electrons. The fraction of sp³-hybridized carbons (Fsp3) is 0.423. The molecule has 2 aliphatic heterocycles. The lowest BCUT2D eigenvalue weighted by molar-refractivity contribution is -0.319. The van der Waals surface area contributed by atoms with Crippen LogP contribution in [-0.2, 0) is 14.2 Å². The number of benzene rings is 2. The van der Waals surface area contributed by atoms with E-state index in [0.29, 0.717) is 0 Å². The Morgan fingerprint density at radius 3 is 2.29 bits per heavy atom. The van der Waals surface area contributed by atoms with Crippen molar-refractivity contribution in [2.45, 2.75) is 48.7 Å². The third-order valence-corrected chi connectivity index (χ3v) is 6.98. The first-order valence-electron chi connectivity index (χ1n) is 12.4. The molecule has 5 rings (SSSR count). The van der Waals surface area contributed by atoms with Gasteiger partial charge in [-0.15, -0.1) is 0 Å². The zero-order valence-electron chi connectivity index (χ0n) is 21.1. The molecule has 15 nitrogen and oxygen atoms in total. The summed E-state index contributed by atoms with van der Waals surface area (Å²) in [6.07, 6.45) is -12.0. The Labute approximate surface area is 230 Å². The molecule has 0 aliphatic carbocycles. The van der Waals surface area contributed by atoms with Gasteiger partial charge in [0, 0.05) is 17.7 Å². The molecule has 0 unspecified atom stereocenters. The van der Waals surface area contributed by atoms with E-state index in [9.17, 15) is 50.8 Å². The number of ether oxygens (including phenoxy) is 4. The fourth-order valence-electron chi connectivity index (χ4n) is 4.65. The maximum Gasteiger partial charge on any atom is 0.239 e. The Hall–Kier alpha value is -3.51. The molecule has 2 saturated heterocycles. The van der Waals surface area contributed by atoms with Crippen molar-refractivity contribution in [3.63, 3.8) is 0 Å². The summed E-state index contributed by atoms with van der Waals surface area (Å²) >= 11 is 0. The Bertz CT molecular complexity index is 1460. The van der Waals surface area contributed by atoms with Crippen molar-refractivity contribution in [3.05, 3.63) is 46.6 Å². The molecule has 9 N–H and O–H groups in total. The summed E-state index contributed by atoms with van der Waals surface area (Å²) in [5.41, 5.74) is -3.09. The molecular weight excluding hydrogens is 552 g/mol. The SMILES string of the molecule is O=c1c(O[C@H]2O[C@@H](CO)[C@@H](O)[C@@H](O)[C@@H]2O[C@@H]2OC[C@](O)(CO)[C@H]2O)c(-c2ccc(O)cc2)oc2cc(O)cc(O)c12. The summed E-state index contributed by atoms with van der Waals surface area (Å²) in [7, 11) is 0. The maximum absolute atomic E-state index is 13.7. The van der Waals surface area contributed by atoms with E-state index in [4.69, 9.17) is 23.4 Å². The van der Waals surface area contributed by atoms with Gasteiger partial charge >= 0.3 is 0 Å². The van der Waals surface area contributed by atoms with E-state index in [0.717, 1.165) is 12.1 Å². The molecule has 3 aromatic rings. The molecule has 0 saturated carbocycles. The van der Waals surface area contributed by atoms with Crippen molar-refractivity contribution in [1.82, 2.24) is 0 Å². The standard InChI is InChI=1S/C26H28O15/c27-7-15-17(32)19(34)22(41-25-23(35)26(36,8-28)9-37-25)24(39-15)40-21-18(33)16-13(31)5-12(30)6-14(16)38-20(21)10-1-3-11(29)4-2-10/h1-6,15,17,19,22-25,27-32,34-36H,7-9H2/t15-,17+,19+,22-,23-,24+,25-,26+/m0/s1. The third kappa shape index (κ3) is 5.19. The van der Waals surface area contributed by atoms with E-state index in [2.05, 4.69) is 0 Å². The number of fused-ring (bicyclic) bond motifs is 1. The number of hydrogen-bond donors (Lipinski definition) is 9. The Morgan fingerprint density at radius 1 is 0.951 bits per heavy atom. The van der Waals surface area contributed by atoms with Gasteiger partial charge in [0.25, 0.3) is 0 Å². The minimum Gasteiger partial charge on any atom is -0.508 e. The number of aliphatic hydroxyl groups is 6. The van der Waals surface area contributed by atoms with Gasteiger partial charge in [0.2, 0.25) is 17.5 Å². The van der Waals surface area contributed by atoms with Crippen LogP contribution in [0.25, 0.3) is 22.3 Å². The van der Waals surface area contributed by atoms with E-state index in [1.807, 2.05) is 0 Å². The van der Waals surface area contributed by atoms with E-state index in [1.165, 1.54) is 24.3 Å². The largest absolute Gasteiger partial charge is 0.508 e. The van der Waals surface area contributed by atoms with Crippen molar-refractivity contribution < 1.29 is 69.3 Å². The molecule has 0 radical (unpaired) electrons. The number of phenols is 3. The van der Waals surface area contributed by atoms with Gasteiger partial charge in [-0.1, -0.05) is 0 Å². The number of hydrogen-bond acceptors (Lipinski definition) is 15. The first-order valence-corrected chi connectivity index (χ1v) is 12.4. The highest BCUT2D eigenvalue weighted by atomic mass is 16.8. The second kappa shape index (κ2) is 11.1. The van der Waals surface area contributed by atoms with Gasteiger partial charge in [0.1, 0.15) is 58.2 Å². The lowest BCUT2D eigenvalue weighted by Crippen LogP contribution is -2.62. The molecule has 8 atom stereocenters. The Balaban J connectivity index is 1.60. The lowest BCUT2D eigenvalue weighted by Gasteiger charge is -2.42. The summed E-state index contributed by atoms with van der Waals surface area (Å²) < 4.78 is 28.1. The monoisotopic (exact) mass is 580 g/mol. The van der Waals surface area contributed by atoms with Crippen LogP contribution in [0, 0.1) is 0 Å². The minimum atomic E-state index is -2.09. The average molecular weight is 580 g/mol. The first-order chi connectivity index (χ1) is 19.5. The van der Waals surface area contributed by atoms with Crippen LogP contribution in [0.5, 0.6) is 23.0 Å². The van der Waals surface area contributed by atoms with Crippen LogP contribution in [0.2, 0.25) is 0 Å². The molecule has 2 aliphatic rings. The molecule has 0 spiro atoms. The Morgan fingerprint density at radius 2 is 1.66 bits per heavy atom. The number of aliphatic hydroxyl groups excluding tert-OH is 5. The highest BCUT2D eigenvalue weighted by Gasteiger charge is 2.53. The van der Waals surface area contributed by atoms with Gasteiger partial charge in [0.15, 0.2) is 18.2 Å². The van der Waals surface area contributed by atoms with E-state index in [1.54, 1.807) is 0 Å². The average Bonchev–Trinajstić information content (AvgIpc) is 3.22. The van der Waals surface area contributed by atoms with Crippen LogP contribution >= 0.6 is 0 Å². The summed E-state index contributed by atoms with van der Waals surface area (Å²) in [5, 5.41) is 90.9. The van der Waals surface area contributed by atoms with Crippen molar-refractivity contribution in [2.75, 3.05) is 19.8 Å². The lowest BCUT2D eigenvalue weighted by atomic mass is 9.98. The molecule has 41 heavy (non-hydrogen) atoms. The van der Waals surface area contributed by atoms with Gasteiger partial charge in [0.05, 0.1) is 19.8 Å². The van der Waals surface area contributed by atoms with Gasteiger partial charge in [-0.05, 0) is 24.3 Å². The molecule has 3 heterocycles. The van der Waals surface area contributed by atoms with E-state index in [-0.39, 0.29) is 22.7 Å².